The van der Waals surface area contributed by atoms with E-state index in [2.05, 4.69) is 120 Å². The largest absolute Gasteiger partial charge is 0.456 e. The molecule has 0 spiro atoms. The molecule has 0 fully saturated rings. The summed E-state index contributed by atoms with van der Waals surface area (Å²) in [7, 11) is 0. The maximum Gasteiger partial charge on any atom is 0.164 e. The molecule has 54 heavy (non-hydrogen) atoms. The summed E-state index contributed by atoms with van der Waals surface area (Å²) in [6.45, 7) is 0. The zero-order valence-electron chi connectivity index (χ0n) is 29.2. The van der Waals surface area contributed by atoms with Crippen LogP contribution in [0, 0.1) is 0 Å². The van der Waals surface area contributed by atoms with Gasteiger partial charge in [-0.05, 0) is 53.1 Å². The first-order chi connectivity index (χ1) is 26.7. The number of hydrogen-bond acceptors (Lipinski definition) is 4. The Bertz CT molecular complexity index is 3100. The lowest BCUT2D eigenvalue weighted by molar-refractivity contribution is 0.669. The van der Waals surface area contributed by atoms with Gasteiger partial charge in [-0.15, -0.1) is 0 Å². The Morgan fingerprint density at radius 2 is 1.24 bits per heavy atom. The lowest BCUT2D eigenvalue weighted by Crippen LogP contribution is -2.10. The Labute approximate surface area is 311 Å². The summed E-state index contributed by atoms with van der Waals surface area (Å²) in [5, 5.41) is 5.82. The van der Waals surface area contributed by atoms with Crippen molar-refractivity contribution in [2.75, 3.05) is 0 Å². The highest BCUT2D eigenvalue weighted by Crippen LogP contribution is 2.40. The van der Waals surface area contributed by atoms with E-state index in [4.69, 9.17) is 19.4 Å². The van der Waals surface area contributed by atoms with E-state index in [1.165, 1.54) is 38.5 Å². The molecular weight excluding hydrogens is 661 g/mol. The molecule has 7 aromatic carbocycles. The van der Waals surface area contributed by atoms with E-state index in [9.17, 15) is 0 Å². The number of aromatic nitrogens is 4. The third-order valence-electron chi connectivity index (χ3n) is 10.8. The molecule has 11 rings (SSSR count). The first kappa shape index (κ1) is 30.5. The Morgan fingerprint density at radius 1 is 0.537 bits per heavy atom. The smallest absolute Gasteiger partial charge is 0.164 e. The van der Waals surface area contributed by atoms with Crippen LogP contribution in [0.4, 0.5) is 0 Å². The van der Waals surface area contributed by atoms with Crippen molar-refractivity contribution < 1.29 is 4.42 Å². The molecule has 0 radical (unpaired) electrons. The van der Waals surface area contributed by atoms with Gasteiger partial charge < -0.3 is 8.98 Å². The second kappa shape index (κ2) is 12.2. The maximum atomic E-state index is 6.26. The molecule has 5 nitrogen and oxygen atoms in total. The summed E-state index contributed by atoms with van der Waals surface area (Å²) in [6.07, 6.45) is 5.59. The lowest BCUT2D eigenvalue weighted by Gasteiger charge is -2.21. The van der Waals surface area contributed by atoms with E-state index < -0.39 is 0 Å². The van der Waals surface area contributed by atoms with Crippen LogP contribution in [0.5, 0.6) is 0 Å². The number of benzene rings is 7. The van der Waals surface area contributed by atoms with E-state index in [0.717, 1.165) is 50.7 Å². The highest BCUT2D eigenvalue weighted by molar-refractivity contribution is 6.11. The fourth-order valence-electron chi connectivity index (χ4n) is 8.24. The van der Waals surface area contributed by atoms with Crippen LogP contribution in [0.25, 0.3) is 89.5 Å². The normalized spacial score (nSPS) is 14.0. The van der Waals surface area contributed by atoms with E-state index in [0.29, 0.717) is 17.5 Å². The quantitative estimate of drug-likeness (QED) is 0.180. The third-order valence-corrected chi connectivity index (χ3v) is 10.8. The summed E-state index contributed by atoms with van der Waals surface area (Å²) in [5.74, 6) is 2.10. The van der Waals surface area contributed by atoms with E-state index in [1.807, 2.05) is 60.7 Å². The first-order valence-corrected chi connectivity index (χ1v) is 18.4. The molecule has 0 N–H and O–H groups in total. The summed E-state index contributed by atoms with van der Waals surface area (Å²) < 4.78 is 8.69. The molecule has 0 bridgehead atoms. The van der Waals surface area contributed by atoms with Gasteiger partial charge >= 0.3 is 0 Å². The van der Waals surface area contributed by atoms with Crippen molar-refractivity contribution in [2.45, 2.75) is 12.3 Å². The fraction of sp³-hybridized carbons (Fsp3) is 0.0408. The van der Waals surface area contributed by atoms with Crippen LogP contribution in [0.15, 0.2) is 174 Å². The zero-order valence-corrected chi connectivity index (χ0v) is 29.2. The average Bonchev–Trinajstić information content (AvgIpc) is 3.79. The molecule has 0 saturated heterocycles. The summed E-state index contributed by atoms with van der Waals surface area (Å²) in [5.41, 5.74) is 10.6. The van der Waals surface area contributed by atoms with Crippen molar-refractivity contribution in [3.63, 3.8) is 0 Å². The summed E-state index contributed by atoms with van der Waals surface area (Å²) >= 11 is 0. The standard InChI is InChI=1S/C49H32N4O/c1-2-13-32(14-3-1)47-50-48(52-49(51-47)41-20-11-23-45-46(41)40-19-7-9-22-44(40)54-45)36-16-10-17-37(29-36)53-42-21-8-6-18-38(42)39-27-26-35(30-43(39)53)34-25-24-31-12-4-5-15-33(31)28-34/h1-29,35H,30H2. The van der Waals surface area contributed by atoms with Gasteiger partial charge in [-0.1, -0.05) is 146 Å². The molecule has 3 heterocycles. The Morgan fingerprint density at radius 3 is 2.15 bits per heavy atom. The van der Waals surface area contributed by atoms with Crippen molar-refractivity contribution in [2.24, 2.45) is 0 Å². The molecule has 3 aromatic heterocycles. The number of hydrogen-bond donors (Lipinski definition) is 0. The zero-order chi connectivity index (χ0) is 35.6. The topological polar surface area (TPSA) is 56.7 Å². The number of rotatable bonds is 5. The predicted molar refractivity (Wildman–Crippen MR) is 220 cm³/mol. The molecule has 0 aliphatic heterocycles. The third kappa shape index (κ3) is 4.97. The number of furan rings is 1. The molecule has 10 aromatic rings. The number of fused-ring (bicyclic) bond motifs is 7. The molecule has 1 aliphatic carbocycles. The molecule has 254 valence electrons. The minimum absolute atomic E-state index is 0.259. The van der Waals surface area contributed by atoms with E-state index in [-0.39, 0.29) is 5.92 Å². The second-order valence-corrected chi connectivity index (χ2v) is 14.0. The van der Waals surface area contributed by atoms with Gasteiger partial charge in [0, 0.05) is 55.7 Å². The van der Waals surface area contributed by atoms with Crippen LogP contribution in [-0.2, 0) is 6.42 Å². The van der Waals surface area contributed by atoms with Crippen LogP contribution in [0.2, 0.25) is 0 Å². The number of allylic oxidation sites excluding steroid dienone is 1. The molecule has 0 saturated carbocycles. The average molecular weight is 693 g/mol. The van der Waals surface area contributed by atoms with Gasteiger partial charge in [0.1, 0.15) is 11.2 Å². The summed E-state index contributed by atoms with van der Waals surface area (Å²) in [4.78, 5) is 15.4. The molecule has 5 heteroatoms. The number of nitrogens with zero attached hydrogens (tertiary/aromatic N) is 4. The van der Waals surface area contributed by atoms with E-state index >= 15 is 0 Å². The minimum Gasteiger partial charge on any atom is -0.456 e. The summed E-state index contributed by atoms with van der Waals surface area (Å²) in [6, 6.07) is 57.2. The number of para-hydroxylation sites is 2. The second-order valence-electron chi connectivity index (χ2n) is 14.0. The van der Waals surface area contributed by atoms with Crippen LogP contribution in [0.3, 0.4) is 0 Å². The molecule has 1 aliphatic rings. The van der Waals surface area contributed by atoms with Gasteiger partial charge in [-0.2, -0.15) is 0 Å². The predicted octanol–water partition coefficient (Wildman–Crippen LogP) is 12.2. The van der Waals surface area contributed by atoms with Crippen molar-refractivity contribution in [3.05, 3.63) is 187 Å². The van der Waals surface area contributed by atoms with Gasteiger partial charge in [0.15, 0.2) is 17.5 Å². The Hall–Kier alpha value is -7.11. The van der Waals surface area contributed by atoms with Crippen LogP contribution >= 0.6 is 0 Å². The highest BCUT2D eigenvalue weighted by atomic mass is 16.3. The van der Waals surface area contributed by atoms with Crippen LogP contribution in [0.1, 0.15) is 22.7 Å². The molecule has 1 atom stereocenters. The SMILES string of the molecule is C1=CC(c2ccc3ccccc3c2)Cc2c1c1ccccc1n2-c1cccc(-c2nc(-c3ccccc3)nc(-c3cccc4oc5ccccc5c34)n2)c1. The molecule has 0 amide bonds. The Kier molecular flexibility index (Phi) is 6.92. The van der Waals surface area contributed by atoms with Crippen molar-refractivity contribution in [1.82, 2.24) is 19.5 Å². The lowest BCUT2D eigenvalue weighted by atomic mass is 9.87. The monoisotopic (exact) mass is 692 g/mol. The van der Waals surface area contributed by atoms with Crippen molar-refractivity contribution in [3.8, 4) is 39.9 Å². The minimum atomic E-state index is 0.259. The van der Waals surface area contributed by atoms with Gasteiger partial charge in [0.05, 0.1) is 5.52 Å². The Balaban J connectivity index is 1.07. The van der Waals surface area contributed by atoms with Crippen molar-refractivity contribution >= 4 is 49.7 Å². The molecule has 1 unspecified atom stereocenters. The van der Waals surface area contributed by atoms with E-state index in [1.54, 1.807) is 0 Å². The van der Waals surface area contributed by atoms with Gasteiger partial charge in [-0.25, -0.2) is 15.0 Å². The fourth-order valence-corrected chi connectivity index (χ4v) is 8.24. The van der Waals surface area contributed by atoms with Gasteiger partial charge in [0.2, 0.25) is 0 Å². The highest BCUT2D eigenvalue weighted by Gasteiger charge is 2.25. The van der Waals surface area contributed by atoms with Crippen molar-refractivity contribution in [1.29, 1.82) is 0 Å². The van der Waals surface area contributed by atoms with Gasteiger partial charge in [0.25, 0.3) is 0 Å². The first-order valence-electron chi connectivity index (χ1n) is 18.4. The van der Waals surface area contributed by atoms with Gasteiger partial charge in [-0.3, -0.25) is 0 Å². The van der Waals surface area contributed by atoms with Crippen LogP contribution in [-0.4, -0.2) is 19.5 Å². The molecular formula is C49H32N4O. The van der Waals surface area contributed by atoms with Crippen LogP contribution < -0.4 is 0 Å². The maximum absolute atomic E-state index is 6.26.